The van der Waals surface area contributed by atoms with Crippen LogP contribution in [0.5, 0.6) is 0 Å². The van der Waals surface area contributed by atoms with Crippen molar-refractivity contribution in [2.24, 2.45) is 0 Å². The molecule has 0 fully saturated rings. The van der Waals surface area contributed by atoms with Crippen LogP contribution >= 0.6 is 0 Å². The molecule has 3 nitrogen and oxygen atoms in total. The molecule has 7 heavy (non-hydrogen) atoms. The van der Waals surface area contributed by atoms with E-state index in [2.05, 4.69) is 10.4 Å². The first kappa shape index (κ1) is 6.81. The largest absolute Gasteiger partial charge is 0.253 e. The zero-order valence-electron chi connectivity index (χ0n) is 4.44. The van der Waals surface area contributed by atoms with E-state index in [1.165, 1.54) is 5.01 Å². The molecule has 0 spiro atoms. The van der Waals surface area contributed by atoms with Crippen LogP contribution in [0.4, 0.5) is 4.39 Å². The fourth-order valence-corrected chi connectivity index (χ4v) is 0.153. The number of hydrogen-bond acceptors (Lipinski definition) is 3. The Morgan fingerprint density at radius 1 is 1.71 bits per heavy atom. The minimum Gasteiger partial charge on any atom is -0.253 e. The summed E-state index contributed by atoms with van der Waals surface area (Å²) in [6, 6.07) is 0. The quantitative estimate of drug-likeness (QED) is 0.511. The fraction of sp³-hybridized carbons (Fsp3) is 1.00. The zero-order chi connectivity index (χ0) is 5.70. The Kier molecular flexibility index (Phi) is 3.87. The van der Waals surface area contributed by atoms with Crippen LogP contribution in [0.15, 0.2) is 0 Å². The van der Waals surface area contributed by atoms with E-state index < -0.39 is 6.86 Å². The van der Waals surface area contributed by atoms with Crippen LogP contribution in [0, 0.1) is 0 Å². The second-order valence-electron chi connectivity index (χ2n) is 1.24. The van der Waals surface area contributed by atoms with Gasteiger partial charge in [-0.1, -0.05) is 0 Å². The third kappa shape index (κ3) is 5.81. The SMILES string of the molecule is CN(C)NOCF. The molecule has 0 atom stereocenters. The van der Waals surface area contributed by atoms with E-state index in [0.717, 1.165) is 0 Å². The van der Waals surface area contributed by atoms with Crippen molar-refractivity contribution < 1.29 is 9.23 Å². The van der Waals surface area contributed by atoms with Gasteiger partial charge in [0, 0.05) is 14.1 Å². The minimum absolute atomic E-state index is 0.807. The molecule has 1 N–H and O–H groups in total. The fourth-order valence-electron chi connectivity index (χ4n) is 0.153. The Bertz CT molecular complexity index is 41.9. The molecule has 0 aromatic carbocycles. The monoisotopic (exact) mass is 108 g/mol. The number of halogens is 1. The van der Waals surface area contributed by atoms with Crippen LogP contribution in [0.1, 0.15) is 0 Å². The van der Waals surface area contributed by atoms with Gasteiger partial charge in [0.25, 0.3) is 0 Å². The van der Waals surface area contributed by atoms with Crippen LogP contribution in [0.3, 0.4) is 0 Å². The van der Waals surface area contributed by atoms with Gasteiger partial charge in [0.1, 0.15) is 0 Å². The van der Waals surface area contributed by atoms with E-state index in [0.29, 0.717) is 0 Å². The summed E-state index contributed by atoms with van der Waals surface area (Å²) in [5, 5.41) is 1.50. The average molecular weight is 108 g/mol. The van der Waals surface area contributed by atoms with E-state index in [4.69, 9.17) is 0 Å². The standard InChI is InChI=1S/C3H9FN2O/c1-6(2)5-7-3-4/h5H,3H2,1-2H3. The molecule has 0 amide bonds. The van der Waals surface area contributed by atoms with E-state index in [1.807, 2.05) is 0 Å². The second-order valence-corrected chi connectivity index (χ2v) is 1.24. The van der Waals surface area contributed by atoms with Gasteiger partial charge in [-0.15, -0.1) is 5.59 Å². The summed E-state index contributed by atoms with van der Waals surface area (Å²) in [4.78, 5) is 4.10. The molecule has 0 aliphatic heterocycles. The van der Waals surface area contributed by atoms with Crippen molar-refractivity contribution in [3.05, 3.63) is 0 Å². The normalized spacial score (nSPS) is 10.3. The highest BCUT2D eigenvalue weighted by atomic mass is 19.1. The molecule has 0 unspecified atom stereocenters. The van der Waals surface area contributed by atoms with Crippen LogP contribution < -0.4 is 5.59 Å². The number of nitrogens with zero attached hydrogens (tertiary/aromatic N) is 1. The molecule has 0 saturated heterocycles. The summed E-state index contributed by atoms with van der Waals surface area (Å²) in [7, 11) is 3.41. The van der Waals surface area contributed by atoms with Crippen molar-refractivity contribution in [2.75, 3.05) is 21.0 Å². The predicted molar refractivity (Wildman–Crippen MR) is 23.9 cm³/mol. The minimum atomic E-state index is -0.807. The van der Waals surface area contributed by atoms with Gasteiger partial charge < -0.3 is 0 Å². The summed E-state index contributed by atoms with van der Waals surface area (Å²) < 4.78 is 11.0. The summed E-state index contributed by atoms with van der Waals surface area (Å²) in [6.45, 7) is -0.807. The van der Waals surface area contributed by atoms with E-state index in [9.17, 15) is 4.39 Å². The van der Waals surface area contributed by atoms with Gasteiger partial charge in [-0.2, -0.15) is 0 Å². The molecule has 0 aliphatic rings. The van der Waals surface area contributed by atoms with E-state index in [-0.39, 0.29) is 0 Å². The van der Waals surface area contributed by atoms with Crippen LogP contribution in [0.2, 0.25) is 0 Å². The maximum atomic E-state index is 11.0. The molecule has 0 radical (unpaired) electrons. The van der Waals surface area contributed by atoms with Crippen molar-refractivity contribution in [1.29, 1.82) is 0 Å². The molecule has 0 aromatic heterocycles. The van der Waals surface area contributed by atoms with Crippen LogP contribution in [-0.2, 0) is 4.84 Å². The lowest BCUT2D eigenvalue weighted by Gasteiger charge is -2.07. The first-order chi connectivity index (χ1) is 3.27. The Hall–Kier alpha value is -0.190. The second kappa shape index (κ2) is 3.98. The van der Waals surface area contributed by atoms with E-state index in [1.54, 1.807) is 14.1 Å². The average Bonchev–Trinajstić information content (AvgIpc) is 1.61. The van der Waals surface area contributed by atoms with Crippen molar-refractivity contribution in [3.63, 3.8) is 0 Å². The van der Waals surface area contributed by atoms with Gasteiger partial charge in [-0.05, 0) is 0 Å². The first-order valence-corrected chi connectivity index (χ1v) is 1.88. The Morgan fingerprint density at radius 3 is 2.43 bits per heavy atom. The third-order valence-electron chi connectivity index (χ3n) is 0.302. The molecule has 0 aromatic rings. The number of nitrogens with one attached hydrogen (secondary N) is 1. The van der Waals surface area contributed by atoms with Gasteiger partial charge >= 0.3 is 0 Å². The van der Waals surface area contributed by atoms with Crippen molar-refractivity contribution >= 4 is 0 Å². The molecule has 0 aliphatic carbocycles. The lowest BCUT2D eigenvalue weighted by atomic mass is 11.2. The molecule has 0 saturated carbocycles. The van der Waals surface area contributed by atoms with E-state index >= 15 is 0 Å². The van der Waals surface area contributed by atoms with Gasteiger partial charge in [0.05, 0.1) is 0 Å². The number of rotatable bonds is 3. The van der Waals surface area contributed by atoms with Gasteiger partial charge in [0.15, 0.2) is 0 Å². The lowest BCUT2D eigenvalue weighted by molar-refractivity contribution is -0.0953. The summed E-state index contributed by atoms with van der Waals surface area (Å²) in [5.74, 6) is 0. The van der Waals surface area contributed by atoms with Crippen LogP contribution in [-0.4, -0.2) is 26.0 Å². The highest BCUT2D eigenvalue weighted by Crippen LogP contribution is 1.67. The maximum Gasteiger partial charge on any atom is 0.209 e. The van der Waals surface area contributed by atoms with Gasteiger partial charge in [-0.25, -0.2) is 9.40 Å². The van der Waals surface area contributed by atoms with Crippen molar-refractivity contribution in [2.45, 2.75) is 0 Å². The van der Waals surface area contributed by atoms with Gasteiger partial charge in [0.2, 0.25) is 6.86 Å². The summed E-state index contributed by atoms with van der Waals surface area (Å²) in [5.41, 5.74) is 2.25. The smallest absolute Gasteiger partial charge is 0.209 e. The first-order valence-electron chi connectivity index (χ1n) is 1.88. The summed E-state index contributed by atoms with van der Waals surface area (Å²) >= 11 is 0. The highest BCUT2D eigenvalue weighted by molar-refractivity contribution is 4.08. The lowest BCUT2D eigenvalue weighted by Crippen LogP contribution is -2.29. The number of hydrogen-bond donors (Lipinski definition) is 1. The van der Waals surface area contributed by atoms with Crippen molar-refractivity contribution in [3.8, 4) is 0 Å². The predicted octanol–water partition coefficient (Wildman–Crippen LogP) is -0.0888. The molecule has 0 heterocycles. The number of alkyl halides is 1. The van der Waals surface area contributed by atoms with Gasteiger partial charge in [-0.3, -0.25) is 4.84 Å². The topological polar surface area (TPSA) is 24.5 Å². The third-order valence-corrected chi connectivity index (χ3v) is 0.302. The molecule has 4 heteroatoms. The Labute approximate surface area is 42.0 Å². The molecule has 0 rings (SSSR count). The molecular formula is C3H9FN2O. The highest BCUT2D eigenvalue weighted by Gasteiger charge is 1.81. The molecule has 44 valence electrons. The van der Waals surface area contributed by atoms with Crippen molar-refractivity contribution in [1.82, 2.24) is 10.6 Å². The summed E-state index contributed by atoms with van der Waals surface area (Å²) in [6.07, 6.45) is 0. The Morgan fingerprint density at radius 2 is 2.29 bits per heavy atom. The molecular weight excluding hydrogens is 99.0 g/mol. The molecule has 0 bridgehead atoms. The Balaban J connectivity index is 2.68. The van der Waals surface area contributed by atoms with Crippen LogP contribution in [0.25, 0.3) is 0 Å². The number of hydrazine groups is 1. The maximum absolute atomic E-state index is 11.0. The zero-order valence-corrected chi connectivity index (χ0v) is 4.44.